The summed E-state index contributed by atoms with van der Waals surface area (Å²) in [6.07, 6.45) is 0. The van der Waals surface area contributed by atoms with Crippen molar-refractivity contribution in [1.82, 2.24) is 9.97 Å². The van der Waals surface area contributed by atoms with E-state index in [0.29, 0.717) is 28.0 Å². The highest BCUT2D eigenvalue weighted by Crippen LogP contribution is 2.26. The standard InChI is InChI=1S/C17H11FN2O2/c1-9-11-4-2-3-5-14(11)22-17(21)15(9)16-19-12-7-6-10(18)8-13(12)20-16/h2-8H,1H3,(H,19,20). The molecule has 0 saturated heterocycles. The van der Waals surface area contributed by atoms with E-state index in [-0.39, 0.29) is 5.82 Å². The lowest BCUT2D eigenvalue weighted by Crippen LogP contribution is -2.06. The summed E-state index contributed by atoms with van der Waals surface area (Å²) in [7, 11) is 0. The molecule has 0 aliphatic carbocycles. The fraction of sp³-hybridized carbons (Fsp3) is 0.0588. The van der Waals surface area contributed by atoms with Crippen LogP contribution in [0.5, 0.6) is 0 Å². The van der Waals surface area contributed by atoms with Crippen LogP contribution in [0.4, 0.5) is 4.39 Å². The van der Waals surface area contributed by atoms with Gasteiger partial charge in [0.25, 0.3) is 0 Å². The molecule has 5 heteroatoms. The van der Waals surface area contributed by atoms with Crippen molar-refractivity contribution < 1.29 is 8.81 Å². The quantitative estimate of drug-likeness (QED) is 0.543. The molecule has 0 aliphatic heterocycles. The molecule has 0 radical (unpaired) electrons. The summed E-state index contributed by atoms with van der Waals surface area (Å²) in [5.74, 6) is 0.0302. The highest BCUT2D eigenvalue weighted by Gasteiger charge is 2.16. The predicted octanol–water partition coefficient (Wildman–Crippen LogP) is 3.78. The lowest BCUT2D eigenvalue weighted by atomic mass is 10.1. The van der Waals surface area contributed by atoms with Gasteiger partial charge in [-0.2, -0.15) is 0 Å². The third-order valence-electron chi connectivity index (χ3n) is 3.75. The maximum absolute atomic E-state index is 13.3. The van der Waals surface area contributed by atoms with Gasteiger partial charge in [-0.15, -0.1) is 0 Å². The van der Waals surface area contributed by atoms with Crippen LogP contribution in [0.1, 0.15) is 5.56 Å². The highest BCUT2D eigenvalue weighted by atomic mass is 19.1. The number of nitrogens with zero attached hydrogens (tertiary/aromatic N) is 1. The zero-order valence-corrected chi connectivity index (χ0v) is 11.7. The molecule has 2 aromatic heterocycles. The molecule has 2 aromatic carbocycles. The van der Waals surface area contributed by atoms with Crippen molar-refractivity contribution in [3.8, 4) is 11.4 Å². The maximum atomic E-state index is 13.3. The van der Waals surface area contributed by atoms with E-state index in [1.165, 1.54) is 12.1 Å². The number of para-hydroxylation sites is 1. The van der Waals surface area contributed by atoms with Crippen molar-refractivity contribution in [2.24, 2.45) is 0 Å². The molecule has 4 rings (SSSR count). The lowest BCUT2D eigenvalue weighted by molar-refractivity contribution is 0.562. The number of halogens is 1. The number of nitrogens with one attached hydrogen (secondary N) is 1. The molecule has 4 nitrogen and oxygen atoms in total. The van der Waals surface area contributed by atoms with Gasteiger partial charge in [0.05, 0.1) is 11.0 Å². The number of H-pyrrole nitrogens is 1. The van der Waals surface area contributed by atoms with E-state index in [1.807, 2.05) is 25.1 Å². The fourth-order valence-corrected chi connectivity index (χ4v) is 2.68. The van der Waals surface area contributed by atoms with Gasteiger partial charge >= 0.3 is 5.63 Å². The SMILES string of the molecule is Cc1c(-c2nc3ccc(F)cc3[nH]2)c(=O)oc2ccccc12. The maximum Gasteiger partial charge on any atom is 0.347 e. The molecule has 0 fully saturated rings. The van der Waals surface area contributed by atoms with E-state index in [2.05, 4.69) is 9.97 Å². The number of hydrogen-bond donors (Lipinski definition) is 1. The molecule has 1 N–H and O–H groups in total. The number of imidazole rings is 1. The van der Waals surface area contributed by atoms with Crippen molar-refractivity contribution in [3.63, 3.8) is 0 Å². The second kappa shape index (κ2) is 4.53. The molecular weight excluding hydrogens is 283 g/mol. The lowest BCUT2D eigenvalue weighted by Gasteiger charge is -2.04. The van der Waals surface area contributed by atoms with Gasteiger partial charge in [0.2, 0.25) is 0 Å². The van der Waals surface area contributed by atoms with E-state index in [1.54, 1.807) is 12.1 Å². The first-order valence-corrected chi connectivity index (χ1v) is 6.81. The van der Waals surface area contributed by atoms with Crippen LogP contribution >= 0.6 is 0 Å². The van der Waals surface area contributed by atoms with Crippen LogP contribution in [-0.4, -0.2) is 9.97 Å². The Morgan fingerprint density at radius 3 is 2.86 bits per heavy atom. The third-order valence-corrected chi connectivity index (χ3v) is 3.75. The molecule has 0 bridgehead atoms. The number of hydrogen-bond acceptors (Lipinski definition) is 3. The summed E-state index contributed by atoms with van der Waals surface area (Å²) in [5.41, 5.74) is 2.37. The Kier molecular flexibility index (Phi) is 2.63. The van der Waals surface area contributed by atoms with Crippen LogP contribution in [0, 0.1) is 12.7 Å². The molecule has 0 aliphatic rings. The van der Waals surface area contributed by atoms with Gasteiger partial charge < -0.3 is 9.40 Å². The summed E-state index contributed by atoms with van der Waals surface area (Å²) < 4.78 is 18.6. The summed E-state index contributed by atoms with van der Waals surface area (Å²) >= 11 is 0. The Bertz CT molecular complexity index is 1080. The fourth-order valence-electron chi connectivity index (χ4n) is 2.68. The van der Waals surface area contributed by atoms with Crippen LogP contribution in [0.3, 0.4) is 0 Å². The minimum Gasteiger partial charge on any atom is -0.422 e. The van der Waals surface area contributed by atoms with E-state index < -0.39 is 5.63 Å². The van der Waals surface area contributed by atoms with Crippen molar-refractivity contribution >= 4 is 22.0 Å². The zero-order valence-electron chi connectivity index (χ0n) is 11.7. The molecule has 0 saturated carbocycles. The van der Waals surface area contributed by atoms with Crippen LogP contribution < -0.4 is 5.63 Å². The van der Waals surface area contributed by atoms with E-state index in [0.717, 1.165) is 10.9 Å². The average Bonchev–Trinajstić information content (AvgIpc) is 2.89. The number of fused-ring (bicyclic) bond motifs is 2. The monoisotopic (exact) mass is 294 g/mol. The zero-order chi connectivity index (χ0) is 15.3. The first kappa shape index (κ1) is 12.8. The van der Waals surface area contributed by atoms with E-state index in [9.17, 15) is 9.18 Å². The number of aromatic nitrogens is 2. The second-order valence-electron chi connectivity index (χ2n) is 5.13. The minimum absolute atomic E-state index is 0.357. The van der Waals surface area contributed by atoms with E-state index >= 15 is 0 Å². The molecule has 108 valence electrons. The Balaban J connectivity index is 2.05. The molecule has 0 atom stereocenters. The summed E-state index contributed by atoms with van der Waals surface area (Å²) in [5, 5.41) is 0.851. The highest BCUT2D eigenvalue weighted by molar-refractivity contribution is 5.87. The number of benzene rings is 2. The molecule has 2 heterocycles. The van der Waals surface area contributed by atoms with Gasteiger partial charge in [0.1, 0.15) is 22.8 Å². The number of aromatic amines is 1. The van der Waals surface area contributed by atoms with Gasteiger partial charge in [-0.1, -0.05) is 18.2 Å². The molecule has 0 unspecified atom stereocenters. The Morgan fingerprint density at radius 2 is 2.00 bits per heavy atom. The van der Waals surface area contributed by atoms with Crippen molar-refractivity contribution in [1.29, 1.82) is 0 Å². The molecule has 22 heavy (non-hydrogen) atoms. The molecule has 4 aromatic rings. The summed E-state index contributed by atoms with van der Waals surface area (Å²) in [4.78, 5) is 19.7. The van der Waals surface area contributed by atoms with Crippen molar-refractivity contribution in [3.05, 3.63) is 64.3 Å². The Hall–Kier alpha value is -2.95. The van der Waals surface area contributed by atoms with E-state index in [4.69, 9.17) is 4.42 Å². The van der Waals surface area contributed by atoms with Crippen molar-refractivity contribution in [2.75, 3.05) is 0 Å². The first-order valence-electron chi connectivity index (χ1n) is 6.81. The van der Waals surface area contributed by atoms with Crippen LogP contribution in [0.15, 0.2) is 51.7 Å². The van der Waals surface area contributed by atoms with Crippen molar-refractivity contribution in [2.45, 2.75) is 6.92 Å². The third kappa shape index (κ3) is 1.83. The summed E-state index contributed by atoms with van der Waals surface area (Å²) in [6.45, 7) is 1.85. The normalized spacial score (nSPS) is 11.4. The largest absolute Gasteiger partial charge is 0.422 e. The van der Waals surface area contributed by atoms with Gasteiger partial charge in [-0.3, -0.25) is 0 Å². The smallest absolute Gasteiger partial charge is 0.347 e. The second-order valence-corrected chi connectivity index (χ2v) is 5.13. The van der Waals surface area contributed by atoms with Crippen LogP contribution in [0.2, 0.25) is 0 Å². The molecule has 0 amide bonds. The molecule has 0 spiro atoms. The van der Waals surface area contributed by atoms with Gasteiger partial charge in [-0.05, 0) is 36.8 Å². The van der Waals surface area contributed by atoms with Crippen LogP contribution in [0.25, 0.3) is 33.4 Å². The number of aryl methyl sites for hydroxylation is 1. The average molecular weight is 294 g/mol. The predicted molar refractivity (Wildman–Crippen MR) is 82.3 cm³/mol. The van der Waals surface area contributed by atoms with Crippen LogP contribution in [-0.2, 0) is 0 Å². The van der Waals surface area contributed by atoms with Gasteiger partial charge in [-0.25, -0.2) is 14.2 Å². The van der Waals surface area contributed by atoms with Gasteiger partial charge in [0, 0.05) is 5.39 Å². The van der Waals surface area contributed by atoms with Gasteiger partial charge in [0.15, 0.2) is 0 Å². The Labute approximate surface area is 124 Å². The Morgan fingerprint density at radius 1 is 1.18 bits per heavy atom. The topological polar surface area (TPSA) is 58.9 Å². The first-order chi connectivity index (χ1) is 10.6. The summed E-state index contributed by atoms with van der Waals surface area (Å²) in [6, 6.07) is 11.6. The minimum atomic E-state index is -0.462. The number of rotatable bonds is 1. The molecular formula is C17H11FN2O2.